The van der Waals surface area contributed by atoms with E-state index in [4.69, 9.17) is 9.47 Å². The SMILES string of the molecule is CN(CCNC(=O)C1CCN(C(=O)OCc2ccccc2)CC1)C(=O)OC(C)(C)C. The van der Waals surface area contributed by atoms with Crippen LogP contribution in [-0.4, -0.2) is 66.7 Å². The molecule has 8 nitrogen and oxygen atoms in total. The van der Waals surface area contributed by atoms with Crippen molar-refractivity contribution < 1.29 is 23.9 Å². The molecule has 0 spiro atoms. The summed E-state index contributed by atoms with van der Waals surface area (Å²) >= 11 is 0. The number of rotatable bonds is 6. The molecule has 1 aliphatic heterocycles. The summed E-state index contributed by atoms with van der Waals surface area (Å²) in [7, 11) is 1.64. The van der Waals surface area contributed by atoms with Crippen LogP contribution in [0.3, 0.4) is 0 Å². The highest BCUT2D eigenvalue weighted by Gasteiger charge is 2.28. The number of nitrogens with one attached hydrogen (secondary N) is 1. The van der Waals surface area contributed by atoms with Crippen LogP contribution < -0.4 is 5.32 Å². The summed E-state index contributed by atoms with van der Waals surface area (Å²) in [5.74, 6) is -0.195. The van der Waals surface area contributed by atoms with E-state index in [1.165, 1.54) is 4.90 Å². The van der Waals surface area contributed by atoms with Crippen LogP contribution in [0, 0.1) is 5.92 Å². The smallest absolute Gasteiger partial charge is 0.410 e. The zero-order valence-electron chi connectivity index (χ0n) is 18.3. The minimum Gasteiger partial charge on any atom is -0.445 e. The van der Waals surface area contributed by atoms with Gasteiger partial charge in [0.2, 0.25) is 5.91 Å². The van der Waals surface area contributed by atoms with Gasteiger partial charge in [0.1, 0.15) is 12.2 Å². The Kier molecular flexibility index (Phi) is 8.50. The van der Waals surface area contributed by atoms with Gasteiger partial charge in [-0.2, -0.15) is 0 Å². The molecule has 0 radical (unpaired) electrons. The van der Waals surface area contributed by atoms with Crippen LogP contribution >= 0.6 is 0 Å². The lowest BCUT2D eigenvalue weighted by molar-refractivity contribution is -0.126. The minimum atomic E-state index is -0.551. The summed E-state index contributed by atoms with van der Waals surface area (Å²) < 4.78 is 10.6. The number of ether oxygens (including phenoxy) is 2. The highest BCUT2D eigenvalue weighted by atomic mass is 16.6. The quantitative estimate of drug-likeness (QED) is 0.766. The lowest BCUT2D eigenvalue weighted by atomic mass is 9.96. The molecule has 2 rings (SSSR count). The van der Waals surface area contributed by atoms with Gasteiger partial charge in [0, 0.05) is 39.1 Å². The first kappa shape index (κ1) is 23.5. The van der Waals surface area contributed by atoms with Gasteiger partial charge in [-0.15, -0.1) is 0 Å². The first-order chi connectivity index (χ1) is 14.2. The van der Waals surface area contributed by atoms with Crippen molar-refractivity contribution in [3.63, 3.8) is 0 Å². The van der Waals surface area contributed by atoms with E-state index in [1.807, 2.05) is 51.1 Å². The molecule has 0 aliphatic carbocycles. The van der Waals surface area contributed by atoms with Gasteiger partial charge in [-0.05, 0) is 39.2 Å². The standard InChI is InChI=1S/C22H33N3O5/c1-22(2,3)30-20(27)24(4)15-12-23-19(26)18-10-13-25(14-11-18)21(28)29-16-17-8-6-5-7-9-17/h5-9,18H,10-16H2,1-4H3,(H,23,26). The second-order valence-corrected chi connectivity index (χ2v) is 8.49. The lowest BCUT2D eigenvalue weighted by Gasteiger charge is -2.30. The first-order valence-electron chi connectivity index (χ1n) is 10.3. The molecule has 0 bridgehead atoms. The number of benzene rings is 1. The summed E-state index contributed by atoms with van der Waals surface area (Å²) in [5.41, 5.74) is 0.390. The van der Waals surface area contributed by atoms with E-state index >= 15 is 0 Å². The third kappa shape index (κ3) is 7.93. The number of carbonyl (C=O) groups is 3. The van der Waals surface area contributed by atoms with Crippen LogP contribution in [0.15, 0.2) is 30.3 Å². The molecule has 0 aromatic heterocycles. The van der Waals surface area contributed by atoms with Crippen LogP contribution in [0.25, 0.3) is 0 Å². The monoisotopic (exact) mass is 419 g/mol. The molecule has 1 N–H and O–H groups in total. The molecule has 0 atom stereocenters. The van der Waals surface area contributed by atoms with Crippen molar-refractivity contribution in [1.82, 2.24) is 15.1 Å². The molecule has 166 valence electrons. The Morgan fingerprint density at radius 2 is 1.77 bits per heavy atom. The van der Waals surface area contributed by atoms with Crippen LogP contribution in [0.2, 0.25) is 0 Å². The van der Waals surface area contributed by atoms with Gasteiger partial charge in [-0.1, -0.05) is 30.3 Å². The highest BCUT2D eigenvalue weighted by molar-refractivity contribution is 5.79. The second kappa shape index (κ2) is 10.8. The fraction of sp³-hybridized carbons (Fsp3) is 0.591. The zero-order valence-corrected chi connectivity index (χ0v) is 18.3. The minimum absolute atomic E-state index is 0.0510. The summed E-state index contributed by atoms with van der Waals surface area (Å²) in [6, 6.07) is 9.53. The summed E-state index contributed by atoms with van der Waals surface area (Å²) in [6.45, 7) is 7.37. The molecule has 3 amide bonds. The normalized spacial score (nSPS) is 14.7. The van der Waals surface area contributed by atoms with E-state index in [0.29, 0.717) is 39.0 Å². The summed E-state index contributed by atoms with van der Waals surface area (Å²) in [6.07, 6.45) is 0.415. The number of hydrogen-bond donors (Lipinski definition) is 1. The van der Waals surface area contributed by atoms with E-state index in [2.05, 4.69) is 5.32 Å². The first-order valence-corrected chi connectivity index (χ1v) is 10.3. The second-order valence-electron chi connectivity index (χ2n) is 8.49. The van der Waals surface area contributed by atoms with E-state index in [-0.39, 0.29) is 24.5 Å². The molecule has 0 saturated carbocycles. The highest BCUT2D eigenvalue weighted by Crippen LogP contribution is 2.18. The number of carbonyl (C=O) groups excluding carboxylic acids is 3. The maximum atomic E-state index is 12.4. The third-order valence-electron chi connectivity index (χ3n) is 4.78. The van der Waals surface area contributed by atoms with Crippen molar-refractivity contribution in [2.45, 2.75) is 45.8 Å². The Labute approximate surface area is 178 Å². The number of likely N-dealkylation sites (tertiary alicyclic amines) is 1. The fourth-order valence-electron chi connectivity index (χ4n) is 3.06. The average Bonchev–Trinajstić information content (AvgIpc) is 2.71. The number of likely N-dealkylation sites (N-methyl/N-ethyl adjacent to an activating group) is 1. The Bertz CT molecular complexity index is 709. The van der Waals surface area contributed by atoms with Gasteiger partial charge in [-0.25, -0.2) is 9.59 Å². The third-order valence-corrected chi connectivity index (χ3v) is 4.78. The molecular formula is C22H33N3O5. The predicted octanol–water partition coefficient (Wildman–Crippen LogP) is 3.02. The van der Waals surface area contributed by atoms with Gasteiger partial charge in [0.15, 0.2) is 0 Å². The van der Waals surface area contributed by atoms with Crippen LogP contribution in [0.4, 0.5) is 9.59 Å². The van der Waals surface area contributed by atoms with Gasteiger partial charge in [0.05, 0.1) is 0 Å². The van der Waals surface area contributed by atoms with Crippen molar-refractivity contribution in [2.75, 3.05) is 33.2 Å². The Morgan fingerprint density at radius 1 is 1.13 bits per heavy atom. The number of amides is 3. The molecule has 1 aromatic carbocycles. The van der Waals surface area contributed by atoms with E-state index in [0.717, 1.165) is 5.56 Å². The van der Waals surface area contributed by atoms with E-state index in [1.54, 1.807) is 11.9 Å². The summed E-state index contributed by atoms with van der Waals surface area (Å²) in [5, 5.41) is 2.87. The molecule has 1 heterocycles. The Hall–Kier alpha value is -2.77. The van der Waals surface area contributed by atoms with Gasteiger partial charge < -0.3 is 24.6 Å². The van der Waals surface area contributed by atoms with Crippen molar-refractivity contribution in [3.05, 3.63) is 35.9 Å². The lowest BCUT2D eigenvalue weighted by Crippen LogP contribution is -2.45. The molecular weight excluding hydrogens is 386 g/mol. The molecule has 1 fully saturated rings. The topological polar surface area (TPSA) is 88.2 Å². The fourth-order valence-corrected chi connectivity index (χ4v) is 3.06. The molecule has 1 saturated heterocycles. The number of hydrogen-bond acceptors (Lipinski definition) is 5. The Morgan fingerprint density at radius 3 is 2.37 bits per heavy atom. The average molecular weight is 420 g/mol. The van der Waals surface area contributed by atoms with Crippen molar-refractivity contribution in [3.8, 4) is 0 Å². The van der Waals surface area contributed by atoms with Gasteiger partial charge >= 0.3 is 12.2 Å². The van der Waals surface area contributed by atoms with Crippen molar-refractivity contribution >= 4 is 18.1 Å². The molecule has 1 aliphatic rings. The molecule has 30 heavy (non-hydrogen) atoms. The van der Waals surface area contributed by atoms with E-state index in [9.17, 15) is 14.4 Å². The number of nitrogens with zero attached hydrogens (tertiary/aromatic N) is 2. The predicted molar refractivity (Wildman–Crippen MR) is 113 cm³/mol. The van der Waals surface area contributed by atoms with Crippen molar-refractivity contribution in [2.24, 2.45) is 5.92 Å². The van der Waals surface area contributed by atoms with Crippen LogP contribution in [0.1, 0.15) is 39.2 Å². The largest absolute Gasteiger partial charge is 0.445 e. The van der Waals surface area contributed by atoms with Crippen LogP contribution in [0.5, 0.6) is 0 Å². The maximum absolute atomic E-state index is 12.4. The maximum Gasteiger partial charge on any atom is 0.410 e. The van der Waals surface area contributed by atoms with Crippen molar-refractivity contribution in [1.29, 1.82) is 0 Å². The summed E-state index contributed by atoms with van der Waals surface area (Å²) in [4.78, 5) is 39.6. The Balaban J connectivity index is 1.65. The van der Waals surface area contributed by atoms with Gasteiger partial charge in [0.25, 0.3) is 0 Å². The van der Waals surface area contributed by atoms with Gasteiger partial charge in [-0.3, -0.25) is 4.79 Å². The molecule has 1 aromatic rings. The van der Waals surface area contributed by atoms with Crippen LogP contribution in [-0.2, 0) is 20.9 Å². The molecule has 0 unspecified atom stereocenters. The zero-order chi connectivity index (χ0) is 22.1. The number of piperidine rings is 1. The molecule has 8 heteroatoms. The van der Waals surface area contributed by atoms with E-state index < -0.39 is 11.7 Å².